The first-order valence-electron chi connectivity index (χ1n) is 6.19. The van der Waals surface area contributed by atoms with E-state index in [9.17, 15) is 17.6 Å². The van der Waals surface area contributed by atoms with E-state index < -0.39 is 17.6 Å². The number of nitrogens with zero attached hydrogens (tertiary/aromatic N) is 2. The van der Waals surface area contributed by atoms with E-state index in [1.54, 1.807) is 13.8 Å². The van der Waals surface area contributed by atoms with Crippen LogP contribution in [0.1, 0.15) is 24.0 Å². The number of benzene rings is 1. The van der Waals surface area contributed by atoms with E-state index in [-0.39, 0.29) is 17.3 Å². The van der Waals surface area contributed by atoms with E-state index in [4.69, 9.17) is 4.74 Å². The molecule has 3 nitrogen and oxygen atoms in total. The van der Waals surface area contributed by atoms with Gasteiger partial charge in [0.05, 0.1) is 11.3 Å². The van der Waals surface area contributed by atoms with Crippen molar-refractivity contribution >= 4 is 0 Å². The van der Waals surface area contributed by atoms with Crippen molar-refractivity contribution in [1.29, 1.82) is 0 Å². The molecule has 21 heavy (non-hydrogen) atoms. The summed E-state index contributed by atoms with van der Waals surface area (Å²) < 4.78 is 56.5. The van der Waals surface area contributed by atoms with Gasteiger partial charge in [0, 0.05) is 0 Å². The molecule has 0 unspecified atom stereocenters. The smallest absolute Gasteiger partial charge is 0.416 e. The molecule has 0 aliphatic heterocycles. The molecule has 0 fully saturated rings. The van der Waals surface area contributed by atoms with Crippen LogP contribution >= 0.6 is 0 Å². The quantitative estimate of drug-likeness (QED) is 0.793. The number of aromatic nitrogens is 2. The lowest BCUT2D eigenvalue weighted by molar-refractivity contribution is -0.137. The van der Waals surface area contributed by atoms with Crippen LogP contribution in [-0.4, -0.2) is 9.97 Å². The molecule has 0 N–H and O–H groups in total. The first-order valence-corrected chi connectivity index (χ1v) is 6.19. The minimum Gasteiger partial charge on any atom is -0.436 e. The van der Waals surface area contributed by atoms with Crippen molar-refractivity contribution in [3.8, 4) is 11.6 Å². The normalized spacial score (nSPS) is 11.5. The van der Waals surface area contributed by atoms with Crippen LogP contribution in [0.15, 0.2) is 24.3 Å². The Morgan fingerprint density at radius 3 is 2.24 bits per heavy atom. The van der Waals surface area contributed by atoms with Gasteiger partial charge in [0.2, 0.25) is 5.82 Å². The van der Waals surface area contributed by atoms with Crippen molar-refractivity contribution < 1.29 is 22.3 Å². The van der Waals surface area contributed by atoms with E-state index in [1.807, 2.05) is 0 Å². The molecule has 0 saturated heterocycles. The SMILES string of the molecule is CCc1nc(C)nc(Oc2ccc(C(F)(F)F)cc2)c1F. The highest BCUT2D eigenvalue weighted by atomic mass is 19.4. The van der Waals surface area contributed by atoms with Crippen LogP contribution in [0.2, 0.25) is 0 Å². The Balaban J connectivity index is 2.28. The number of hydrogen-bond donors (Lipinski definition) is 0. The number of hydrogen-bond acceptors (Lipinski definition) is 3. The molecule has 1 heterocycles. The third-order valence-corrected chi connectivity index (χ3v) is 2.73. The van der Waals surface area contributed by atoms with E-state index in [0.717, 1.165) is 24.3 Å². The summed E-state index contributed by atoms with van der Waals surface area (Å²) in [6.45, 7) is 3.31. The number of halogens is 4. The Kier molecular flexibility index (Phi) is 4.11. The number of alkyl halides is 3. The summed E-state index contributed by atoms with van der Waals surface area (Å²) in [7, 11) is 0. The first kappa shape index (κ1) is 15.2. The number of ether oxygens (including phenoxy) is 1. The summed E-state index contributed by atoms with van der Waals surface area (Å²) >= 11 is 0. The van der Waals surface area contributed by atoms with Crippen LogP contribution in [0, 0.1) is 12.7 Å². The zero-order valence-electron chi connectivity index (χ0n) is 11.3. The summed E-state index contributed by atoms with van der Waals surface area (Å²) in [6, 6.07) is 3.96. The maximum atomic E-state index is 14.0. The Morgan fingerprint density at radius 1 is 1.10 bits per heavy atom. The first-order chi connectivity index (χ1) is 9.81. The average molecular weight is 300 g/mol. The van der Waals surface area contributed by atoms with Crippen LogP contribution in [0.25, 0.3) is 0 Å². The van der Waals surface area contributed by atoms with Gasteiger partial charge in [-0.05, 0) is 37.6 Å². The van der Waals surface area contributed by atoms with Crippen LogP contribution in [0.5, 0.6) is 11.6 Å². The molecule has 1 aromatic heterocycles. The van der Waals surface area contributed by atoms with Gasteiger partial charge >= 0.3 is 6.18 Å². The fraction of sp³-hybridized carbons (Fsp3) is 0.286. The second-order valence-electron chi connectivity index (χ2n) is 4.31. The Bertz CT molecular complexity index is 639. The lowest BCUT2D eigenvalue weighted by Crippen LogP contribution is -2.05. The highest BCUT2D eigenvalue weighted by Crippen LogP contribution is 2.31. The van der Waals surface area contributed by atoms with Crippen molar-refractivity contribution in [3.63, 3.8) is 0 Å². The molecule has 0 amide bonds. The topological polar surface area (TPSA) is 35.0 Å². The molecule has 0 bridgehead atoms. The summed E-state index contributed by atoms with van der Waals surface area (Å²) in [5, 5.41) is 0. The lowest BCUT2D eigenvalue weighted by Gasteiger charge is -2.10. The molecule has 112 valence electrons. The zero-order valence-corrected chi connectivity index (χ0v) is 11.3. The molecule has 2 aromatic rings. The van der Waals surface area contributed by atoms with Crippen molar-refractivity contribution in [2.24, 2.45) is 0 Å². The van der Waals surface area contributed by atoms with E-state index >= 15 is 0 Å². The largest absolute Gasteiger partial charge is 0.436 e. The molecule has 1 aromatic carbocycles. The van der Waals surface area contributed by atoms with Crippen LogP contribution in [0.4, 0.5) is 17.6 Å². The second-order valence-corrected chi connectivity index (χ2v) is 4.31. The van der Waals surface area contributed by atoms with Crippen LogP contribution in [0.3, 0.4) is 0 Å². The van der Waals surface area contributed by atoms with Gasteiger partial charge < -0.3 is 4.74 Å². The Labute approximate surface area is 118 Å². The van der Waals surface area contributed by atoms with Crippen molar-refractivity contribution in [1.82, 2.24) is 9.97 Å². The zero-order chi connectivity index (χ0) is 15.6. The molecular weight excluding hydrogens is 288 g/mol. The molecule has 0 radical (unpaired) electrons. The van der Waals surface area contributed by atoms with Gasteiger partial charge in [-0.25, -0.2) is 4.98 Å². The summed E-state index contributed by atoms with van der Waals surface area (Å²) in [5.74, 6) is -0.598. The van der Waals surface area contributed by atoms with Gasteiger partial charge in [-0.2, -0.15) is 22.5 Å². The van der Waals surface area contributed by atoms with Crippen molar-refractivity contribution in [2.45, 2.75) is 26.4 Å². The molecule has 0 saturated carbocycles. The average Bonchev–Trinajstić information content (AvgIpc) is 2.42. The third kappa shape index (κ3) is 3.48. The highest BCUT2D eigenvalue weighted by Gasteiger charge is 2.30. The standard InChI is InChI=1S/C14H12F4N2O/c1-3-11-12(15)13(20-8(2)19-11)21-10-6-4-9(5-7-10)14(16,17)18/h4-7H,3H2,1-2H3. The minimum absolute atomic E-state index is 0.0713. The minimum atomic E-state index is -4.43. The van der Waals surface area contributed by atoms with Gasteiger partial charge in [0.15, 0.2) is 0 Å². The molecule has 0 atom stereocenters. The molecule has 2 rings (SSSR count). The van der Waals surface area contributed by atoms with E-state index in [2.05, 4.69) is 9.97 Å². The monoisotopic (exact) mass is 300 g/mol. The highest BCUT2D eigenvalue weighted by molar-refractivity contribution is 5.32. The molecule has 0 aliphatic rings. The van der Waals surface area contributed by atoms with Crippen LogP contribution in [-0.2, 0) is 12.6 Å². The third-order valence-electron chi connectivity index (χ3n) is 2.73. The van der Waals surface area contributed by atoms with Crippen molar-refractivity contribution in [3.05, 3.63) is 47.2 Å². The van der Waals surface area contributed by atoms with Crippen molar-refractivity contribution in [2.75, 3.05) is 0 Å². The summed E-state index contributed by atoms with van der Waals surface area (Å²) in [6.07, 6.45) is -4.07. The van der Waals surface area contributed by atoms with Gasteiger partial charge in [-0.15, -0.1) is 0 Å². The lowest BCUT2D eigenvalue weighted by atomic mass is 10.2. The molecule has 7 heteroatoms. The van der Waals surface area contributed by atoms with Gasteiger partial charge in [-0.3, -0.25) is 0 Å². The van der Waals surface area contributed by atoms with E-state index in [1.165, 1.54) is 0 Å². The summed E-state index contributed by atoms with van der Waals surface area (Å²) in [5.41, 5.74) is -0.604. The maximum Gasteiger partial charge on any atom is 0.416 e. The fourth-order valence-electron chi connectivity index (χ4n) is 1.71. The second kappa shape index (κ2) is 5.67. The van der Waals surface area contributed by atoms with E-state index in [0.29, 0.717) is 12.2 Å². The Hall–Kier alpha value is -2.18. The Morgan fingerprint density at radius 2 is 1.71 bits per heavy atom. The maximum absolute atomic E-state index is 14.0. The number of rotatable bonds is 3. The summed E-state index contributed by atoms with van der Waals surface area (Å²) in [4.78, 5) is 7.74. The van der Waals surface area contributed by atoms with Gasteiger partial charge in [-0.1, -0.05) is 6.92 Å². The molecule has 0 aliphatic carbocycles. The molecular formula is C14H12F4N2O. The fourth-order valence-corrected chi connectivity index (χ4v) is 1.71. The van der Waals surface area contributed by atoms with Gasteiger partial charge in [0.1, 0.15) is 11.6 Å². The predicted octanol–water partition coefficient (Wildman–Crippen LogP) is 4.30. The predicted molar refractivity (Wildman–Crippen MR) is 67.6 cm³/mol. The molecule has 0 spiro atoms. The number of aryl methyl sites for hydroxylation is 2. The van der Waals surface area contributed by atoms with Crippen LogP contribution < -0.4 is 4.74 Å². The van der Waals surface area contributed by atoms with Gasteiger partial charge in [0.25, 0.3) is 5.88 Å².